The molecule has 0 unspecified atom stereocenters. The summed E-state index contributed by atoms with van der Waals surface area (Å²) in [5.74, 6) is -0.462. The topological polar surface area (TPSA) is 90.0 Å². The molecule has 1 aromatic heterocycles. The van der Waals surface area contributed by atoms with Gasteiger partial charge in [0.05, 0.1) is 28.8 Å². The predicted molar refractivity (Wildman–Crippen MR) is 129 cm³/mol. The van der Waals surface area contributed by atoms with Crippen molar-refractivity contribution in [3.8, 4) is 11.1 Å². The van der Waals surface area contributed by atoms with Gasteiger partial charge in [-0.3, -0.25) is 14.3 Å². The highest BCUT2D eigenvalue weighted by atomic mass is 35.5. The van der Waals surface area contributed by atoms with Gasteiger partial charge in [-0.15, -0.1) is 0 Å². The normalized spacial score (nSPS) is 13.2. The molecule has 1 heterocycles. The van der Waals surface area contributed by atoms with Gasteiger partial charge >= 0.3 is 0 Å². The van der Waals surface area contributed by atoms with Gasteiger partial charge in [-0.05, 0) is 47.7 Å². The minimum absolute atomic E-state index is 0.0383. The van der Waals surface area contributed by atoms with Gasteiger partial charge in [0.15, 0.2) is 0 Å². The Balaban J connectivity index is 1.55. The lowest BCUT2D eigenvalue weighted by Gasteiger charge is -2.13. The van der Waals surface area contributed by atoms with Gasteiger partial charge in [0.25, 0.3) is 0 Å². The zero-order chi connectivity index (χ0) is 22.9. The van der Waals surface area contributed by atoms with Crippen LogP contribution in [0, 0.1) is 5.92 Å². The van der Waals surface area contributed by atoms with E-state index in [1.807, 2.05) is 53.3 Å². The number of amides is 2. The Morgan fingerprint density at radius 1 is 1.03 bits per heavy atom. The summed E-state index contributed by atoms with van der Waals surface area (Å²) >= 11 is 6.66. The molecule has 33 heavy (non-hydrogen) atoms. The Morgan fingerprint density at radius 2 is 1.82 bits per heavy atom. The van der Waals surface area contributed by atoms with E-state index in [0.717, 1.165) is 40.4 Å². The van der Waals surface area contributed by atoms with Crippen molar-refractivity contribution in [3.05, 3.63) is 88.6 Å². The van der Waals surface area contributed by atoms with E-state index in [2.05, 4.69) is 22.5 Å². The number of carbonyl (C=O) groups is 2. The number of primary amides is 1. The minimum Gasteiger partial charge on any atom is -0.366 e. The van der Waals surface area contributed by atoms with Crippen molar-refractivity contribution < 1.29 is 9.59 Å². The van der Waals surface area contributed by atoms with Gasteiger partial charge in [0.2, 0.25) is 11.8 Å². The van der Waals surface area contributed by atoms with Gasteiger partial charge in [-0.2, -0.15) is 5.10 Å². The van der Waals surface area contributed by atoms with Gasteiger partial charge < -0.3 is 11.1 Å². The fourth-order valence-electron chi connectivity index (χ4n) is 4.06. The maximum Gasteiger partial charge on any atom is 0.250 e. The van der Waals surface area contributed by atoms with Gasteiger partial charge in [0.1, 0.15) is 0 Å². The van der Waals surface area contributed by atoms with Crippen LogP contribution in [0.25, 0.3) is 22.0 Å². The van der Waals surface area contributed by atoms with Crippen molar-refractivity contribution in [2.45, 2.75) is 25.9 Å². The van der Waals surface area contributed by atoms with Crippen LogP contribution >= 0.6 is 11.6 Å². The van der Waals surface area contributed by atoms with Crippen molar-refractivity contribution in [1.29, 1.82) is 0 Å². The van der Waals surface area contributed by atoms with Crippen molar-refractivity contribution in [2.24, 2.45) is 11.7 Å². The molecule has 4 aromatic rings. The summed E-state index contributed by atoms with van der Waals surface area (Å²) in [6.45, 7) is 0.949. The molecule has 6 nitrogen and oxygen atoms in total. The first kappa shape index (κ1) is 21.2. The summed E-state index contributed by atoms with van der Waals surface area (Å²) in [5.41, 5.74) is 10.3. The summed E-state index contributed by atoms with van der Waals surface area (Å²) in [5, 5.41) is 8.76. The summed E-state index contributed by atoms with van der Waals surface area (Å²) < 4.78 is 1.94. The fraction of sp³-hybridized carbons (Fsp3) is 0.192. The molecule has 5 rings (SSSR count). The number of fused-ring (bicyclic) bond motifs is 1. The second kappa shape index (κ2) is 8.71. The Hall–Kier alpha value is -3.64. The highest BCUT2D eigenvalue weighted by Crippen LogP contribution is 2.37. The average molecular weight is 459 g/mol. The minimum atomic E-state index is -0.608. The quantitative estimate of drug-likeness (QED) is 0.426. The Labute approximate surface area is 196 Å². The Bertz CT molecular complexity index is 1360. The molecule has 0 saturated heterocycles. The molecular weight excluding hydrogens is 436 g/mol. The fourth-order valence-corrected chi connectivity index (χ4v) is 4.37. The van der Waals surface area contributed by atoms with Gasteiger partial charge in [-0.1, -0.05) is 54.1 Å². The maximum atomic E-state index is 12.1. The highest BCUT2D eigenvalue weighted by Gasteiger charge is 2.29. The zero-order valence-corrected chi connectivity index (χ0v) is 18.7. The number of nitrogens with one attached hydrogen (secondary N) is 1. The second-order valence-electron chi connectivity index (χ2n) is 8.39. The summed E-state index contributed by atoms with van der Waals surface area (Å²) in [6, 6.07) is 19.6. The SMILES string of the molecule is NC(=O)c1cc(CNC(=O)C2CC2)cc(-c2cccc3c2cnn3Cc2ccccc2)c1Cl. The van der Waals surface area contributed by atoms with E-state index < -0.39 is 5.91 Å². The summed E-state index contributed by atoms with van der Waals surface area (Å²) in [7, 11) is 0. The van der Waals surface area contributed by atoms with E-state index in [1.165, 1.54) is 0 Å². The van der Waals surface area contributed by atoms with E-state index in [9.17, 15) is 9.59 Å². The molecule has 3 aromatic carbocycles. The number of carbonyl (C=O) groups excluding carboxylic acids is 2. The first-order chi connectivity index (χ1) is 16.0. The Kier molecular flexibility index (Phi) is 5.60. The van der Waals surface area contributed by atoms with Crippen molar-refractivity contribution in [3.63, 3.8) is 0 Å². The van der Waals surface area contributed by atoms with Crippen LogP contribution in [0.2, 0.25) is 5.02 Å². The lowest BCUT2D eigenvalue weighted by atomic mass is 9.96. The van der Waals surface area contributed by atoms with E-state index in [-0.39, 0.29) is 17.4 Å². The molecule has 0 bridgehead atoms. The lowest BCUT2D eigenvalue weighted by molar-refractivity contribution is -0.122. The molecule has 1 fully saturated rings. The molecule has 2 amide bonds. The molecule has 3 N–H and O–H groups in total. The lowest BCUT2D eigenvalue weighted by Crippen LogP contribution is -2.24. The van der Waals surface area contributed by atoms with Crippen LogP contribution in [-0.4, -0.2) is 21.6 Å². The van der Waals surface area contributed by atoms with Crippen LogP contribution in [-0.2, 0) is 17.9 Å². The van der Waals surface area contributed by atoms with E-state index in [0.29, 0.717) is 23.7 Å². The number of aromatic nitrogens is 2. The smallest absolute Gasteiger partial charge is 0.250 e. The molecule has 1 aliphatic rings. The first-order valence-electron chi connectivity index (χ1n) is 10.9. The monoisotopic (exact) mass is 458 g/mol. The molecule has 0 aliphatic heterocycles. The van der Waals surface area contributed by atoms with Gasteiger partial charge in [-0.25, -0.2) is 0 Å². The molecule has 166 valence electrons. The summed E-state index contributed by atoms with van der Waals surface area (Å²) in [4.78, 5) is 24.2. The number of hydrogen-bond donors (Lipinski definition) is 2. The second-order valence-corrected chi connectivity index (χ2v) is 8.77. The van der Waals surface area contributed by atoms with Crippen molar-refractivity contribution in [2.75, 3.05) is 0 Å². The number of nitrogens with two attached hydrogens (primary N) is 1. The van der Waals surface area contributed by atoms with Crippen molar-refractivity contribution in [1.82, 2.24) is 15.1 Å². The predicted octanol–water partition coefficient (Wildman–Crippen LogP) is 4.53. The van der Waals surface area contributed by atoms with E-state index in [4.69, 9.17) is 17.3 Å². The molecule has 0 spiro atoms. The van der Waals surface area contributed by atoms with E-state index in [1.54, 1.807) is 6.07 Å². The highest BCUT2D eigenvalue weighted by molar-refractivity contribution is 6.37. The van der Waals surface area contributed by atoms with E-state index >= 15 is 0 Å². The first-order valence-corrected chi connectivity index (χ1v) is 11.3. The van der Waals surface area contributed by atoms with Crippen molar-refractivity contribution >= 4 is 34.3 Å². The van der Waals surface area contributed by atoms with Crippen LogP contribution in [0.15, 0.2) is 66.9 Å². The maximum absolute atomic E-state index is 12.1. The van der Waals surface area contributed by atoms with Crippen LogP contribution in [0.4, 0.5) is 0 Å². The number of benzene rings is 3. The van der Waals surface area contributed by atoms with Gasteiger partial charge in [0, 0.05) is 23.4 Å². The number of hydrogen-bond acceptors (Lipinski definition) is 3. The van der Waals surface area contributed by atoms with Crippen LogP contribution < -0.4 is 11.1 Å². The summed E-state index contributed by atoms with van der Waals surface area (Å²) in [6.07, 6.45) is 3.67. The zero-order valence-electron chi connectivity index (χ0n) is 17.9. The molecule has 1 saturated carbocycles. The molecule has 1 aliphatic carbocycles. The molecule has 7 heteroatoms. The third-order valence-electron chi connectivity index (χ3n) is 5.97. The third kappa shape index (κ3) is 4.34. The largest absolute Gasteiger partial charge is 0.366 e. The molecule has 0 radical (unpaired) electrons. The molecule has 0 atom stereocenters. The van der Waals surface area contributed by atoms with Crippen LogP contribution in [0.5, 0.6) is 0 Å². The van der Waals surface area contributed by atoms with Crippen LogP contribution in [0.1, 0.15) is 34.3 Å². The Morgan fingerprint density at radius 3 is 2.55 bits per heavy atom. The number of halogens is 1. The number of nitrogens with zero attached hydrogens (tertiary/aromatic N) is 2. The molecular formula is C26H23ClN4O2. The van der Waals surface area contributed by atoms with Crippen LogP contribution in [0.3, 0.4) is 0 Å². The standard InChI is InChI=1S/C26H23ClN4O2/c27-24-20(11-17(12-21(24)25(28)32)13-29-26(33)18-9-10-18)19-7-4-8-23-22(19)14-30-31(23)15-16-5-2-1-3-6-16/h1-8,11-12,14,18H,9-10,13,15H2,(H2,28,32)(H,29,33). The third-order valence-corrected chi connectivity index (χ3v) is 6.37. The average Bonchev–Trinajstić information content (AvgIpc) is 3.60. The number of rotatable bonds is 7.